The van der Waals surface area contributed by atoms with E-state index < -0.39 is 5.82 Å². The summed E-state index contributed by atoms with van der Waals surface area (Å²) >= 11 is 1.29. The highest BCUT2D eigenvalue weighted by molar-refractivity contribution is 7.13. The van der Waals surface area contributed by atoms with Crippen LogP contribution < -0.4 is 0 Å². The van der Waals surface area contributed by atoms with E-state index >= 15 is 0 Å². The largest absolute Gasteiger partial charge is 0.234 e. The standard InChI is InChI=1S/C12H7FN6S/c1-7-15-17-12(20-7)19-11(10(6-14)16-18-19)8-4-2-3-5-9(8)13/h2-5H,1H3. The molecule has 0 aliphatic heterocycles. The zero-order valence-electron chi connectivity index (χ0n) is 10.3. The molecule has 0 spiro atoms. The fraction of sp³-hybridized carbons (Fsp3) is 0.0833. The number of hydrogen-bond donors (Lipinski definition) is 0. The van der Waals surface area contributed by atoms with Crippen LogP contribution >= 0.6 is 11.3 Å². The third kappa shape index (κ3) is 1.94. The van der Waals surface area contributed by atoms with Crippen molar-refractivity contribution in [3.63, 3.8) is 0 Å². The van der Waals surface area contributed by atoms with Gasteiger partial charge < -0.3 is 0 Å². The van der Waals surface area contributed by atoms with Gasteiger partial charge in [0.05, 0.1) is 0 Å². The van der Waals surface area contributed by atoms with Gasteiger partial charge in [0.1, 0.15) is 22.6 Å². The Hall–Kier alpha value is -2.66. The molecule has 20 heavy (non-hydrogen) atoms. The molecule has 0 N–H and O–H groups in total. The minimum atomic E-state index is -0.450. The highest BCUT2D eigenvalue weighted by Gasteiger charge is 2.20. The molecule has 98 valence electrons. The summed E-state index contributed by atoms with van der Waals surface area (Å²) in [7, 11) is 0. The summed E-state index contributed by atoms with van der Waals surface area (Å²) in [6, 6.07) is 8.06. The molecule has 0 saturated heterocycles. The van der Waals surface area contributed by atoms with Crippen LogP contribution in [0.4, 0.5) is 4.39 Å². The van der Waals surface area contributed by atoms with Crippen molar-refractivity contribution < 1.29 is 4.39 Å². The normalized spacial score (nSPS) is 10.4. The van der Waals surface area contributed by atoms with Crippen LogP contribution in [0.5, 0.6) is 0 Å². The summed E-state index contributed by atoms with van der Waals surface area (Å²) in [4.78, 5) is 0. The molecule has 0 saturated carbocycles. The zero-order chi connectivity index (χ0) is 14.1. The van der Waals surface area contributed by atoms with Crippen LogP contribution in [0.15, 0.2) is 24.3 Å². The van der Waals surface area contributed by atoms with E-state index in [9.17, 15) is 4.39 Å². The second-order valence-electron chi connectivity index (χ2n) is 3.89. The van der Waals surface area contributed by atoms with Crippen molar-refractivity contribution >= 4 is 11.3 Å². The first-order valence-electron chi connectivity index (χ1n) is 5.62. The Bertz CT molecular complexity index is 815. The monoisotopic (exact) mass is 286 g/mol. The van der Waals surface area contributed by atoms with Crippen LogP contribution in [-0.2, 0) is 0 Å². The molecule has 0 bridgehead atoms. The third-order valence-corrected chi connectivity index (χ3v) is 3.42. The van der Waals surface area contributed by atoms with Gasteiger partial charge in [-0.3, -0.25) is 0 Å². The van der Waals surface area contributed by atoms with E-state index in [1.807, 2.05) is 6.07 Å². The zero-order valence-corrected chi connectivity index (χ0v) is 11.1. The molecule has 0 fully saturated rings. The molecule has 6 nitrogen and oxygen atoms in total. The molecule has 0 amide bonds. The number of benzene rings is 1. The second kappa shape index (κ2) is 4.79. The molecular weight excluding hydrogens is 279 g/mol. The van der Waals surface area contributed by atoms with Gasteiger partial charge in [-0.15, -0.1) is 15.3 Å². The van der Waals surface area contributed by atoms with Crippen LogP contribution in [0.25, 0.3) is 16.4 Å². The average molecular weight is 286 g/mol. The Kier molecular flexibility index (Phi) is 2.96. The lowest BCUT2D eigenvalue weighted by atomic mass is 10.1. The van der Waals surface area contributed by atoms with Crippen molar-refractivity contribution in [2.24, 2.45) is 0 Å². The molecule has 0 atom stereocenters. The number of aryl methyl sites for hydroxylation is 1. The molecule has 0 aliphatic rings. The van der Waals surface area contributed by atoms with E-state index in [0.717, 1.165) is 5.01 Å². The molecule has 0 aliphatic carbocycles. The first kappa shape index (κ1) is 12.4. The number of rotatable bonds is 2. The number of nitriles is 1. The van der Waals surface area contributed by atoms with Crippen molar-refractivity contribution in [1.82, 2.24) is 25.2 Å². The van der Waals surface area contributed by atoms with Gasteiger partial charge in [0.25, 0.3) is 0 Å². The van der Waals surface area contributed by atoms with Gasteiger partial charge in [-0.1, -0.05) is 28.7 Å². The molecule has 0 unspecified atom stereocenters. The second-order valence-corrected chi connectivity index (χ2v) is 5.05. The minimum Gasteiger partial charge on any atom is -0.206 e. The summed E-state index contributed by atoms with van der Waals surface area (Å²) in [5.41, 5.74) is 0.576. The highest BCUT2D eigenvalue weighted by atomic mass is 32.1. The Labute approximate surface area is 117 Å². The van der Waals surface area contributed by atoms with Gasteiger partial charge in [0, 0.05) is 5.56 Å². The van der Waals surface area contributed by atoms with E-state index in [2.05, 4.69) is 20.5 Å². The lowest BCUT2D eigenvalue weighted by Gasteiger charge is -2.03. The lowest BCUT2D eigenvalue weighted by molar-refractivity contribution is 0.629. The SMILES string of the molecule is Cc1nnc(-n2nnc(C#N)c2-c2ccccc2F)s1. The van der Waals surface area contributed by atoms with E-state index in [1.165, 1.54) is 22.1 Å². The molecular formula is C12H7FN6S. The summed E-state index contributed by atoms with van der Waals surface area (Å²) in [6.07, 6.45) is 0. The number of halogens is 1. The van der Waals surface area contributed by atoms with Crippen LogP contribution in [0.2, 0.25) is 0 Å². The van der Waals surface area contributed by atoms with Crippen molar-refractivity contribution in [2.75, 3.05) is 0 Å². The number of aromatic nitrogens is 5. The van der Waals surface area contributed by atoms with Crippen molar-refractivity contribution in [2.45, 2.75) is 6.92 Å². The van der Waals surface area contributed by atoms with E-state index in [1.54, 1.807) is 25.1 Å². The van der Waals surface area contributed by atoms with Gasteiger partial charge in [-0.05, 0) is 19.1 Å². The van der Waals surface area contributed by atoms with Crippen molar-refractivity contribution in [3.05, 3.63) is 40.8 Å². The summed E-state index contributed by atoms with van der Waals surface area (Å²) in [5.74, 6) is -0.450. The highest BCUT2D eigenvalue weighted by Crippen LogP contribution is 2.28. The maximum absolute atomic E-state index is 14.0. The average Bonchev–Trinajstić information content (AvgIpc) is 3.05. The van der Waals surface area contributed by atoms with Gasteiger partial charge in [-0.2, -0.15) is 9.94 Å². The predicted octanol–water partition coefficient (Wildman–Crippen LogP) is 2.10. The molecule has 1 aromatic carbocycles. The Morgan fingerprint density at radius 1 is 1.25 bits per heavy atom. The summed E-state index contributed by atoms with van der Waals surface area (Å²) in [6.45, 7) is 1.80. The quantitative estimate of drug-likeness (QED) is 0.720. The van der Waals surface area contributed by atoms with Crippen molar-refractivity contribution in [1.29, 1.82) is 5.26 Å². The maximum atomic E-state index is 14.0. The van der Waals surface area contributed by atoms with Gasteiger partial charge in [0.2, 0.25) is 5.13 Å². The first-order chi connectivity index (χ1) is 9.70. The van der Waals surface area contributed by atoms with Crippen molar-refractivity contribution in [3.8, 4) is 22.5 Å². The Morgan fingerprint density at radius 3 is 2.70 bits per heavy atom. The number of hydrogen-bond acceptors (Lipinski definition) is 6. The minimum absolute atomic E-state index is 0.0444. The molecule has 2 heterocycles. The molecule has 3 rings (SSSR count). The van der Waals surface area contributed by atoms with Crippen LogP contribution in [0.1, 0.15) is 10.7 Å². The summed E-state index contributed by atoms with van der Waals surface area (Å²) in [5, 5.41) is 25.8. The van der Waals surface area contributed by atoms with E-state index in [0.29, 0.717) is 5.13 Å². The molecule has 8 heteroatoms. The Balaban J connectivity index is 2.27. The first-order valence-corrected chi connectivity index (χ1v) is 6.43. The third-order valence-electron chi connectivity index (χ3n) is 2.60. The maximum Gasteiger partial charge on any atom is 0.234 e. The fourth-order valence-electron chi connectivity index (χ4n) is 1.76. The molecule has 2 aromatic heterocycles. The fourth-order valence-corrected chi connectivity index (χ4v) is 2.40. The Morgan fingerprint density at radius 2 is 2.05 bits per heavy atom. The van der Waals surface area contributed by atoms with Crippen LogP contribution in [0, 0.1) is 24.1 Å². The topological polar surface area (TPSA) is 80.3 Å². The van der Waals surface area contributed by atoms with Crippen LogP contribution in [0.3, 0.4) is 0 Å². The van der Waals surface area contributed by atoms with E-state index in [4.69, 9.17) is 5.26 Å². The van der Waals surface area contributed by atoms with Crippen LogP contribution in [-0.4, -0.2) is 25.2 Å². The van der Waals surface area contributed by atoms with E-state index in [-0.39, 0.29) is 17.0 Å². The smallest absolute Gasteiger partial charge is 0.206 e. The van der Waals surface area contributed by atoms with Gasteiger partial charge in [-0.25, -0.2) is 4.39 Å². The summed E-state index contributed by atoms with van der Waals surface area (Å²) < 4.78 is 15.3. The van der Waals surface area contributed by atoms with Gasteiger partial charge >= 0.3 is 0 Å². The lowest BCUT2D eigenvalue weighted by Crippen LogP contribution is -2.00. The molecule has 0 radical (unpaired) electrons. The number of nitrogens with zero attached hydrogens (tertiary/aromatic N) is 6. The molecule has 3 aromatic rings. The van der Waals surface area contributed by atoms with Gasteiger partial charge in [0.15, 0.2) is 5.69 Å². The predicted molar refractivity (Wildman–Crippen MR) is 69.7 cm³/mol.